The Hall–Kier alpha value is -3.98. The van der Waals surface area contributed by atoms with Crippen molar-refractivity contribution < 1.29 is 14.0 Å². The summed E-state index contributed by atoms with van der Waals surface area (Å²) >= 11 is 1.24. The number of nitrogens with one attached hydrogen (secondary N) is 3. The van der Waals surface area contributed by atoms with Gasteiger partial charge in [-0.3, -0.25) is 4.79 Å². The summed E-state index contributed by atoms with van der Waals surface area (Å²) in [6.45, 7) is 0. The Bertz CT molecular complexity index is 1240. The van der Waals surface area contributed by atoms with Crippen LogP contribution in [0, 0.1) is 5.82 Å². The zero-order valence-corrected chi connectivity index (χ0v) is 16.3. The van der Waals surface area contributed by atoms with Crippen LogP contribution in [0.2, 0.25) is 0 Å². The molecule has 0 unspecified atom stereocenters. The average Bonchev–Trinajstić information content (AvgIpc) is 3.10. The summed E-state index contributed by atoms with van der Waals surface area (Å²) in [5, 5.41) is 8.62. The minimum absolute atomic E-state index is 0.308. The van der Waals surface area contributed by atoms with Gasteiger partial charge in [-0.15, -0.1) is 0 Å². The van der Waals surface area contributed by atoms with Crippen molar-refractivity contribution >= 4 is 56.4 Å². The van der Waals surface area contributed by atoms with Crippen LogP contribution in [0.1, 0.15) is 10.4 Å². The molecule has 0 saturated carbocycles. The van der Waals surface area contributed by atoms with E-state index in [4.69, 9.17) is 5.73 Å². The number of carbonyl (C=O) groups is 2. The fourth-order valence-electron chi connectivity index (χ4n) is 2.90. The predicted molar refractivity (Wildman–Crippen MR) is 117 cm³/mol. The van der Waals surface area contributed by atoms with Crippen molar-refractivity contribution in [2.45, 2.75) is 0 Å². The minimum atomic E-state index is -0.510. The van der Waals surface area contributed by atoms with Gasteiger partial charge in [0.05, 0.1) is 10.3 Å². The van der Waals surface area contributed by atoms with Crippen LogP contribution >= 0.6 is 11.5 Å². The van der Waals surface area contributed by atoms with Crippen molar-refractivity contribution in [3.05, 3.63) is 78.1 Å². The zero-order valence-electron chi connectivity index (χ0n) is 15.5. The van der Waals surface area contributed by atoms with Crippen molar-refractivity contribution in [3.63, 3.8) is 0 Å². The number of hydrogen-bond acceptors (Lipinski definition) is 5. The van der Waals surface area contributed by atoms with E-state index in [9.17, 15) is 14.0 Å². The molecule has 150 valence electrons. The number of anilines is 4. The van der Waals surface area contributed by atoms with Gasteiger partial charge in [-0.05, 0) is 66.1 Å². The van der Waals surface area contributed by atoms with Crippen LogP contribution in [0.4, 0.5) is 32.1 Å². The Kier molecular flexibility index (Phi) is 5.27. The lowest BCUT2D eigenvalue weighted by Crippen LogP contribution is -2.19. The maximum absolute atomic E-state index is 13.2. The number of rotatable bonds is 4. The monoisotopic (exact) mass is 421 g/mol. The number of hydrogen-bond donors (Lipinski definition) is 4. The molecule has 1 heterocycles. The van der Waals surface area contributed by atoms with Crippen LogP contribution < -0.4 is 21.7 Å². The number of carbonyl (C=O) groups excluding carboxylic acids is 2. The number of nitrogens with zero attached hydrogens (tertiary/aromatic N) is 1. The number of benzene rings is 3. The van der Waals surface area contributed by atoms with Crippen molar-refractivity contribution in [1.29, 1.82) is 0 Å². The number of aromatic nitrogens is 1. The van der Waals surface area contributed by atoms with Crippen molar-refractivity contribution in [2.75, 3.05) is 21.7 Å². The van der Waals surface area contributed by atoms with Crippen LogP contribution in [0.5, 0.6) is 0 Å². The highest BCUT2D eigenvalue weighted by Crippen LogP contribution is 2.28. The van der Waals surface area contributed by atoms with Crippen LogP contribution in [0.15, 0.2) is 66.7 Å². The third kappa shape index (κ3) is 4.20. The second kappa shape index (κ2) is 8.18. The highest BCUT2D eigenvalue weighted by molar-refractivity contribution is 7.13. The minimum Gasteiger partial charge on any atom is -0.382 e. The molecular weight excluding hydrogens is 405 g/mol. The molecule has 0 radical (unpaired) electrons. The fraction of sp³-hybridized carbons (Fsp3) is 0. The summed E-state index contributed by atoms with van der Waals surface area (Å²) in [7, 11) is 0. The Balaban J connectivity index is 1.41. The second-order valence-corrected chi connectivity index (χ2v) is 7.17. The van der Waals surface area contributed by atoms with E-state index in [1.807, 2.05) is 6.07 Å². The molecule has 3 amide bonds. The van der Waals surface area contributed by atoms with Gasteiger partial charge in [0, 0.05) is 22.4 Å². The Labute approximate surface area is 174 Å². The van der Waals surface area contributed by atoms with Gasteiger partial charge in [-0.1, -0.05) is 12.1 Å². The van der Waals surface area contributed by atoms with E-state index in [1.165, 1.54) is 29.7 Å². The Morgan fingerprint density at radius 2 is 1.53 bits per heavy atom. The van der Waals surface area contributed by atoms with Gasteiger partial charge in [0.2, 0.25) is 0 Å². The first kappa shape index (κ1) is 19.3. The van der Waals surface area contributed by atoms with Crippen molar-refractivity contribution in [1.82, 2.24) is 4.37 Å². The first-order valence-corrected chi connectivity index (χ1v) is 9.66. The molecule has 0 bridgehead atoms. The highest BCUT2D eigenvalue weighted by Gasteiger charge is 2.15. The summed E-state index contributed by atoms with van der Waals surface area (Å²) in [5.74, 6) is -0.426. The van der Waals surface area contributed by atoms with Crippen molar-refractivity contribution in [3.8, 4) is 0 Å². The molecular formula is C21H16FN5O2S. The van der Waals surface area contributed by atoms with Gasteiger partial charge in [0.1, 0.15) is 11.6 Å². The summed E-state index contributed by atoms with van der Waals surface area (Å²) in [6.07, 6.45) is 0. The molecule has 0 aliphatic carbocycles. The topological polar surface area (TPSA) is 109 Å². The fourth-order valence-corrected chi connectivity index (χ4v) is 3.63. The molecule has 7 nitrogen and oxygen atoms in total. The highest BCUT2D eigenvalue weighted by atomic mass is 32.1. The lowest BCUT2D eigenvalue weighted by Gasteiger charge is -2.10. The largest absolute Gasteiger partial charge is 0.382 e. The smallest absolute Gasteiger partial charge is 0.323 e. The molecule has 3 aromatic carbocycles. The van der Waals surface area contributed by atoms with Crippen LogP contribution in [0.25, 0.3) is 10.1 Å². The lowest BCUT2D eigenvalue weighted by molar-refractivity contribution is 0.102. The van der Waals surface area contributed by atoms with E-state index < -0.39 is 11.8 Å². The Morgan fingerprint density at radius 3 is 2.27 bits per heavy atom. The summed E-state index contributed by atoms with van der Waals surface area (Å²) in [6, 6.07) is 17.0. The summed E-state index contributed by atoms with van der Waals surface area (Å²) < 4.78 is 18.1. The van der Waals surface area contributed by atoms with Crippen LogP contribution in [0.3, 0.4) is 0 Å². The van der Waals surface area contributed by atoms with Gasteiger partial charge in [0.15, 0.2) is 0 Å². The Morgan fingerprint density at radius 1 is 0.867 bits per heavy atom. The van der Waals surface area contributed by atoms with E-state index in [2.05, 4.69) is 20.3 Å². The number of nitrogen functional groups attached to an aromatic ring is 1. The van der Waals surface area contributed by atoms with Crippen molar-refractivity contribution in [2.24, 2.45) is 0 Å². The lowest BCUT2D eigenvalue weighted by atomic mass is 10.1. The number of amides is 3. The molecule has 0 aliphatic heterocycles. The predicted octanol–water partition coefficient (Wildman–Crippen LogP) is 4.91. The van der Waals surface area contributed by atoms with Gasteiger partial charge < -0.3 is 21.7 Å². The maximum atomic E-state index is 13.2. The molecule has 9 heteroatoms. The van der Waals surface area contributed by atoms with Gasteiger partial charge in [-0.25, -0.2) is 9.18 Å². The second-order valence-electron chi connectivity index (χ2n) is 6.37. The molecule has 0 saturated heterocycles. The number of fused-ring (bicyclic) bond motifs is 1. The summed E-state index contributed by atoms with van der Waals surface area (Å²) in [5.41, 5.74) is 7.73. The molecule has 4 rings (SSSR count). The first-order chi connectivity index (χ1) is 14.5. The molecule has 0 atom stereocenters. The van der Waals surface area contributed by atoms with Gasteiger partial charge in [-0.2, -0.15) is 4.37 Å². The molecule has 30 heavy (non-hydrogen) atoms. The van der Waals surface area contributed by atoms with Gasteiger partial charge >= 0.3 is 6.03 Å². The first-order valence-electron chi connectivity index (χ1n) is 8.88. The third-order valence-corrected chi connectivity index (χ3v) is 5.08. The number of urea groups is 1. The zero-order chi connectivity index (χ0) is 21.1. The molecule has 0 aliphatic rings. The molecule has 4 aromatic rings. The number of nitrogens with two attached hydrogens (primary N) is 1. The molecule has 1 aromatic heterocycles. The van der Waals surface area contributed by atoms with E-state index in [1.54, 1.807) is 42.5 Å². The quantitative estimate of drug-likeness (QED) is 0.375. The number of halogens is 1. The standard InChI is InChI=1S/C21H16FN5O2S/c22-12-3-1-4-15(11-12)26-21(29)25-14-9-7-13(8-10-14)24-20(28)16-5-2-6-17-18(16)19(23)27-30-17/h1-11H,(H2,23,27)(H,24,28)(H2,25,26,29). The van der Waals surface area contributed by atoms with E-state index >= 15 is 0 Å². The van der Waals surface area contributed by atoms with Crippen LogP contribution in [-0.4, -0.2) is 16.3 Å². The molecule has 0 fully saturated rings. The van der Waals surface area contributed by atoms with E-state index in [0.717, 1.165) is 4.70 Å². The molecule has 0 spiro atoms. The van der Waals surface area contributed by atoms with E-state index in [0.29, 0.717) is 33.8 Å². The van der Waals surface area contributed by atoms with E-state index in [-0.39, 0.29) is 5.91 Å². The normalized spacial score (nSPS) is 10.6. The summed E-state index contributed by atoms with van der Waals surface area (Å²) in [4.78, 5) is 24.7. The van der Waals surface area contributed by atoms with Crippen LogP contribution in [-0.2, 0) is 0 Å². The third-order valence-electron chi connectivity index (χ3n) is 4.25. The average molecular weight is 421 g/mol. The SMILES string of the molecule is Nc1nsc2cccc(C(=O)Nc3ccc(NC(=O)Nc4cccc(F)c4)cc3)c12. The molecule has 5 N–H and O–H groups in total. The maximum Gasteiger partial charge on any atom is 0.323 e. The van der Waals surface area contributed by atoms with Gasteiger partial charge in [0.25, 0.3) is 5.91 Å².